The number of halogens is 2. The van der Waals surface area contributed by atoms with Gasteiger partial charge in [-0.2, -0.15) is 0 Å². The molecule has 0 unspecified atom stereocenters. The molecule has 2 aromatic carbocycles. The van der Waals surface area contributed by atoms with Crippen LogP contribution in [0.15, 0.2) is 53.4 Å². The molecule has 3 nitrogen and oxygen atoms in total. The van der Waals surface area contributed by atoms with Gasteiger partial charge in [-0.25, -0.2) is 4.39 Å². The molecule has 0 aliphatic heterocycles. The maximum absolute atomic E-state index is 13.5. The molecule has 1 amide bonds. The third kappa shape index (κ3) is 6.22. The van der Waals surface area contributed by atoms with Crippen LogP contribution in [-0.2, 0) is 4.79 Å². The van der Waals surface area contributed by atoms with Gasteiger partial charge in [0.05, 0.1) is 6.54 Å². The number of amides is 1. The van der Waals surface area contributed by atoms with Crippen molar-refractivity contribution < 1.29 is 9.18 Å². The lowest BCUT2D eigenvalue weighted by molar-refractivity contribution is -0.117. The fourth-order valence-corrected chi connectivity index (χ4v) is 3.06. The van der Waals surface area contributed by atoms with E-state index in [1.807, 2.05) is 18.0 Å². The average Bonchev–Trinajstić information content (AvgIpc) is 2.51. The fourth-order valence-electron chi connectivity index (χ4n) is 1.93. The highest BCUT2D eigenvalue weighted by atomic mass is 35.5. The largest absolute Gasteiger partial charge is 0.325 e. The molecule has 2 rings (SSSR count). The number of hydrogen-bond donors (Lipinski definition) is 1. The van der Waals surface area contributed by atoms with Gasteiger partial charge in [0.25, 0.3) is 0 Å². The number of carbonyl (C=O) groups is 1. The molecule has 0 aliphatic rings. The number of likely N-dealkylation sites (N-methyl/N-ethyl adjacent to an activating group) is 1. The molecule has 0 fully saturated rings. The minimum Gasteiger partial charge on any atom is -0.325 e. The molecule has 1 N–H and O–H groups in total. The highest BCUT2D eigenvalue weighted by molar-refractivity contribution is 7.99. The molecule has 0 spiro atoms. The molecule has 0 aliphatic carbocycles. The van der Waals surface area contributed by atoms with Gasteiger partial charge in [0.1, 0.15) is 5.82 Å². The summed E-state index contributed by atoms with van der Waals surface area (Å²) in [7, 11) is 1.86. The SMILES string of the molecule is CN(CCSc1ccccc1F)CC(=O)Nc1ccc(Cl)cc1. The summed E-state index contributed by atoms with van der Waals surface area (Å²) >= 11 is 7.25. The Morgan fingerprint density at radius 2 is 1.91 bits per heavy atom. The topological polar surface area (TPSA) is 32.3 Å². The van der Waals surface area contributed by atoms with Crippen LogP contribution in [0.4, 0.5) is 10.1 Å². The number of thioether (sulfide) groups is 1. The zero-order valence-electron chi connectivity index (χ0n) is 12.8. The van der Waals surface area contributed by atoms with Gasteiger partial charge in [0.15, 0.2) is 0 Å². The van der Waals surface area contributed by atoms with Crippen molar-refractivity contribution in [3.8, 4) is 0 Å². The van der Waals surface area contributed by atoms with Crippen molar-refractivity contribution in [1.29, 1.82) is 0 Å². The average molecular weight is 353 g/mol. The Balaban J connectivity index is 1.71. The van der Waals surface area contributed by atoms with Crippen molar-refractivity contribution in [2.75, 3.05) is 31.2 Å². The lowest BCUT2D eigenvalue weighted by Crippen LogP contribution is -2.31. The molecule has 0 saturated heterocycles. The first kappa shape index (κ1) is 17.8. The summed E-state index contributed by atoms with van der Waals surface area (Å²) in [5, 5.41) is 3.44. The maximum atomic E-state index is 13.5. The van der Waals surface area contributed by atoms with Crippen LogP contribution in [0.25, 0.3) is 0 Å². The Kier molecular flexibility index (Phi) is 6.89. The van der Waals surface area contributed by atoms with Gasteiger partial charge in [-0.15, -0.1) is 11.8 Å². The first-order valence-electron chi connectivity index (χ1n) is 7.16. The van der Waals surface area contributed by atoms with Crippen molar-refractivity contribution in [3.05, 3.63) is 59.4 Å². The summed E-state index contributed by atoms with van der Waals surface area (Å²) in [6, 6.07) is 13.7. The smallest absolute Gasteiger partial charge is 0.238 e. The quantitative estimate of drug-likeness (QED) is 0.760. The number of carbonyl (C=O) groups excluding carboxylic acids is 1. The number of nitrogens with one attached hydrogen (secondary N) is 1. The fraction of sp³-hybridized carbons (Fsp3) is 0.235. The van der Waals surface area contributed by atoms with E-state index in [0.717, 1.165) is 0 Å². The van der Waals surface area contributed by atoms with Crippen molar-refractivity contribution >= 4 is 35.0 Å². The minimum atomic E-state index is -0.208. The van der Waals surface area contributed by atoms with E-state index in [2.05, 4.69) is 5.32 Å². The van der Waals surface area contributed by atoms with Crippen molar-refractivity contribution in [2.24, 2.45) is 0 Å². The number of nitrogens with zero attached hydrogens (tertiary/aromatic N) is 1. The molecule has 122 valence electrons. The molecule has 0 radical (unpaired) electrons. The van der Waals surface area contributed by atoms with Crippen LogP contribution in [0.1, 0.15) is 0 Å². The summed E-state index contributed by atoms with van der Waals surface area (Å²) in [5.41, 5.74) is 0.716. The van der Waals surface area contributed by atoms with Gasteiger partial charge in [0, 0.05) is 27.9 Å². The first-order valence-corrected chi connectivity index (χ1v) is 8.52. The van der Waals surface area contributed by atoms with Crippen molar-refractivity contribution in [1.82, 2.24) is 4.90 Å². The van der Waals surface area contributed by atoms with E-state index < -0.39 is 0 Å². The zero-order chi connectivity index (χ0) is 16.7. The van der Waals surface area contributed by atoms with E-state index in [-0.39, 0.29) is 18.3 Å². The minimum absolute atomic E-state index is 0.0919. The second kappa shape index (κ2) is 8.91. The number of rotatable bonds is 7. The second-order valence-electron chi connectivity index (χ2n) is 5.07. The van der Waals surface area contributed by atoms with Gasteiger partial charge in [-0.1, -0.05) is 23.7 Å². The summed E-state index contributed by atoms with van der Waals surface area (Å²) in [6.45, 7) is 0.966. The molecule has 0 saturated carbocycles. The number of benzene rings is 2. The van der Waals surface area contributed by atoms with E-state index >= 15 is 0 Å². The Morgan fingerprint density at radius 3 is 2.61 bits per heavy atom. The molecule has 6 heteroatoms. The van der Waals surface area contributed by atoms with E-state index in [0.29, 0.717) is 27.9 Å². The van der Waals surface area contributed by atoms with Crippen LogP contribution in [-0.4, -0.2) is 36.7 Å². The molecule has 0 heterocycles. The molecule has 0 bridgehead atoms. The predicted molar refractivity (Wildman–Crippen MR) is 94.7 cm³/mol. The lowest BCUT2D eigenvalue weighted by Gasteiger charge is -2.16. The van der Waals surface area contributed by atoms with Crippen molar-refractivity contribution in [3.63, 3.8) is 0 Å². The van der Waals surface area contributed by atoms with E-state index in [4.69, 9.17) is 11.6 Å². The number of hydrogen-bond acceptors (Lipinski definition) is 3. The predicted octanol–water partition coefficient (Wildman–Crippen LogP) is 4.14. The molecular formula is C17H18ClFN2OS. The van der Waals surface area contributed by atoms with E-state index in [1.165, 1.54) is 17.8 Å². The molecule has 2 aromatic rings. The Bertz CT molecular complexity index is 651. The van der Waals surface area contributed by atoms with Gasteiger partial charge in [-0.3, -0.25) is 9.69 Å². The zero-order valence-corrected chi connectivity index (χ0v) is 14.3. The van der Waals surface area contributed by atoms with E-state index in [9.17, 15) is 9.18 Å². The summed E-state index contributed by atoms with van der Waals surface area (Å²) in [6.07, 6.45) is 0. The Labute approximate surface area is 144 Å². The third-order valence-electron chi connectivity index (χ3n) is 3.11. The highest BCUT2D eigenvalue weighted by Gasteiger charge is 2.08. The standard InChI is InChI=1S/C17H18ClFN2OS/c1-21(10-11-23-16-5-3-2-4-15(16)19)12-17(22)20-14-8-6-13(18)7-9-14/h2-9H,10-12H2,1H3,(H,20,22). The van der Waals surface area contributed by atoms with Gasteiger partial charge in [0.2, 0.25) is 5.91 Å². The molecule has 0 atom stereocenters. The Morgan fingerprint density at radius 1 is 1.22 bits per heavy atom. The molecular weight excluding hydrogens is 335 g/mol. The third-order valence-corrected chi connectivity index (χ3v) is 4.39. The summed E-state index contributed by atoms with van der Waals surface area (Å²) < 4.78 is 13.5. The van der Waals surface area contributed by atoms with Crippen LogP contribution in [0.2, 0.25) is 5.02 Å². The van der Waals surface area contributed by atoms with Crippen LogP contribution >= 0.6 is 23.4 Å². The van der Waals surface area contributed by atoms with Crippen LogP contribution in [0.3, 0.4) is 0 Å². The van der Waals surface area contributed by atoms with Gasteiger partial charge >= 0.3 is 0 Å². The van der Waals surface area contributed by atoms with Crippen LogP contribution in [0, 0.1) is 5.82 Å². The maximum Gasteiger partial charge on any atom is 0.238 e. The highest BCUT2D eigenvalue weighted by Crippen LogP contribution is 2.20. The lowest BCUT2D eigenvalue weighted by atomic mass is 10.3. The van der Waals surface area contributed by atoms with Crippen molar-refractivity contribution in [2.45, 2.75) is 4.90 Å². The second-order valence-corrected chi connectivity index (χ2v) is 6.64. The van der Waals surface area contributed by atoms with Crippen LogP contribution < -0.4 is 5.32 Å². The number of anilines is 1. The summed E-state index contributed by atoms with van der Waals surface area (Å²) in [4.78, 5) is 14.5. The summed E-state index contributed by atoms with van der Waals surface area (Å²) in [5.74, 6) is 0.414. The van der Waals surface area contributed by atoms with E-state index in [1.54, 1.807) is 36.4 Å². The van der Waals surface area contributed by atoms with Gasteiger partial charge < -0.3 is 5.32 Å². The Hall–Kier alpha value is -1.56. The molecule has 23 heavy (non-hydrogen) atoms. The first-order chi connectivity index (χ1) is 11.0. The normalized spacial score (nSPS) is 10.8. The molecule has 0 aromatic heterocycles. The van der Waals surface area contributed by atoms with Gasteiger partial charge in [-0.05, 0) is 43.4 Å². The monoisotopic (exact) mass is 352 g/mol. The van der Waals surface area contributed by atoms with Crippen LogP contribution in [0.5, 0.6) is 0 Å².